The van der Waals surface area contributed by atoms with E-state index in [1.165, 1.54) is 0 Å². The van der Waals surface area contributed by atoms with Crippen LogP contribution in [0.15, 0.2) is 35.7 Å². The molecule has 2 aromatic heterocycles. The van der Waals surface area contributed by atoms with E-state index in [1.807, 2.05) is 32.0 Å². The lowest BCUT2D eigenvalue weighted by atomic mass is 10.3. The zero-order chi connectivity index (χ0) is 12.1. The molecular weight excluding hydrogens is 214 g/mol. The number of anilines is 1. The highest BCUT2D eigenvalue weighted by Gasteiger charge is 1.96. The minimum atomic E-state index is 0.690. The summed E-state index contributed by atoms with van der Waals surface area (Å²) in [4.78, 5) is 12.4. The number of pyridine rings is 1. The molecule has 0 saturated carbocycles. The smallest absolute Gasteiger partial charge is 0.150 e. The molecule has 0 spiro atoms. The van der Waals surface area contributed by atoms with Crippen LogP contribution < -0.4 is 5.43 Å². The molecule has 0 amide bonds. The van der Waals surface area contributed by atoms with E-state index in [4.69, 9.17) is 0 Å². The molecule has 1 N–H and O–H groups in total. The SMILES string of the molecule is Cc1cc(N/N=C/c2cccnc2)nc(C)n1. The topological polar surface area (TPSA) is 63.1 Å². The Morgan fingerprint density at radius 2 is 2.18 bits per heavy atom. The third kappa shape index (κ3) is 3.34. The molecule has 5 heteroatoms. The summed E-state index contributed by atoms with van der Waals surface area (Å²) in [6, 6.07) is 5.63. The monoisotopic (exact) mass is 227 g/mol. The fourth-order valence-electron chi connectivity index (χ4n) is 1.40. The summed E-state index contributed by atoms with van der Waals surface area (Å²) < 4.78 is 0. The van der Waals surface area contributed by atoms with Gasteiger partial charge in [-0.2, -0.15) is 5.10 Å². The fraction of sp³-hybridized carbons (Fsp3) is 0.167. The van der Waals surface area contributed by atoms with Crippen LogP contribution >= 0.6 is 0 Å². The molecular formula is C12H13N5. The number of rotatable bonds is 3. The van der Waals surface area contributed by atoms with Gasteiger partial charge in [0.05, 0.1) is 6.21 Å². The van der Waals surface area contributed by atoms with E-state index in [0.29, 0.717) is 5.82 Å². The van der Waals surface area contributed by atoms with E-state index in [2.05, 4.69) is 25.5 Å². The van der Waals surface area contributed by atoms with Crippen molar-refractivity contribution in [3.8, 4) is 0 Å². The van der Waals surface area contributed by atoms with Gasteiger partial charge >= 0.3 is 0 Å². The van der Waals surface area contributed by atoms with Crippen molar-refractivity contribution in [2.24, 2.45) is 5.10 Å². The summed E-state index contributed by atoms with van der Waals surface area (Å²) in [6.07, 6.45) is 5.16. The number of hydrogen-bond donors (Lipinski definition) is 1. The molecule has 0 fully saturated rings. The second kappa shape index (κ2) is 5.16. The maximum atomic E-state index is 4.21. The average Bonchev–Trinajstić information content (AvgIpc) is 2.29. The van der Waals surface area contributed by atoms with Crippen molar-refractivity contribution >= 4 is 12.0 Å². The molecule has 0 radical (unpaired) electrons. The van der Waals surface area contributed by atoms with Crippen LogP contribution in [0.4, 0.5) is 5.82 Å². The van der Waals surface area contributed by atoms with Crippen LogP contribution in [-0.4, -0.2) is 21.2 Å². The molecule has 2 aromatic rings. The molecule has 86 valence electrons. The Labute approximate surface area is 99.7 Å². The normalized spacial score (nSPS) is 10.7. The number of aryl methyl sites for hydroxylation is 2. The summed E-state index contributed by atoms with van der Waals surface area (Å²) in [7, 11) is 0. The molecule has 2 heterocycles. The first-order valence-corrected chi connectivity index (χ1v) is 5.25. The van der Waals surface area contributed by atoms with Crippen LogP contribution in [0.5, 0.6) is 0 Å². The molecule has 0 aliphatic carbocycles. The maximum Gasteiger partial charge on any atom is 0.150 e. The third-order valence-corrected chi connectivity index (χ3v) is 2.04. The van der Waals surface area contributed by atoms with E-state index in [-0.39, 0.29) is 0 Å². The van der Waals surface area contributed by atoms with Gasteiger partial charge in [-0.3, -0.25) is 10.4 Å². The summed E-state index contributed by atoms with van der Waals surface area (Å²) in [5.74, 6) is 1.42. The van der Waals surface area contributed by atoms with Crippen molar-refractivity contribution in [3.63, 3.8) is 0 Å². The van der Waals surface area contributed by atoms with E-state index in [0.717, 1.165) is 17.1 Å². The van der Waals surface area contributed by atoms with Gasteiger partial charge in [0.2, 0.25) is 0 Å². The minimum absolute atomic E-state index is 0.690. The molecule has 0 saturated heterocycles. The second-order valence-corrected chi connectivity index (χ2v) is 3.60. The maximum absolute atomic E-state index is 4.21. The summed E-state index contributed by atoms with van der Waals surface area (Å²) >= 11 is 0. The van der Waals surface area contributed by atoms with Crippen molar-refractivity contribution in [2.75, 3.05) is 5.43 Å². The van der Waals surface area contributed by atoms with Crippen LogP contribution in [0.2, 0.25) is 0 Å². The lowest BCUT2D eigenvalue weighted by molar-refractivity contribution is 1.01. The van der Waals surface area contributed by atoms with Crippen molar-refractivity contribution in [3.05, 3.63) is 47.7 Å². The zero-order valence-electron chi connectivity index (χ0n) is 9.75. The van der Waals surface area contributed by atoms with Crippen LogP contribution in [0.25, 0.3) is 0 Å². The van der Waals surface area contributed by atoms with Gasteiger partial charge < -0.3 is 0 Å². The fourth-order valence-corrected chi connectivity index (χ4v) is 1.40. The number of nitrogens with zero attached hydrogens (tertiary/aromatic N) is 4. The van der Waals surface area contributed by atoms with Crippen molar-refractivity contribution in [1.29, 1.82) is 0 Å². The molecule has 0 atom stereocenters. The van der Waals surface area contributed by atoms with Crippen LogP contribution in [0.1, 0.15) is 17.1 Å². The van der Waals surface area contributed by atoms with Crippen molar-refractivity contribution < 1.29 is 0 Å². The lowest BCUT2D eigenvalue weighted by Crippen LogP contribution is -1.98. The molecule has 0 bridgehead atoms. The first-order chi connectivity index (χ1) is 8.24. The Morgan fingerprint density at radius 3 is 2.88 bits per heavy atom. The summed E-state index contributed by atoms with van der Waals surface area (Å²) in [6.45, 7) is 3.77. The van der Waals surface area contributed by atoms with Gasteiger partial charge in [-0.25, -0.2) is 9.97 Å². The van der Waals surface area contributed by atoms with E-state index >= 15 is 0 Å². The number of hydrazone groups is 1. The highest BCUT2D eigenvalue weighted by atomic mass is 15.3. The first-order valence-electron chi connectivity index (χ1n) is 5.25. The Balaban J connectivity index is 2.05. The average molecular weight is 227 g/mol. The van der Waals surface area contributed by atoms with E-state index in [1.54, 1.807) is 18.6 Å². The largest absolute Gasteiger partial charge is 0.264 e. The predicted molar refractivity (Wildman–Crippen MR) is 67.0 cm³/mol. The molecule has 0 aliphatic heterocycles. The van der Waals surface area contributed by atoms with Crippen molar-refractivity contribution in [1.82, 2.24) is 15.0 Å². The lowest BCUT2D eigenvalue weighted by Gasteiger charge is -2.01. The quantitative estimate of drug-likeness (QED) is 0.643. The molecule has 5 nitrogen and oxygen atoms in total. The van der Waals surface area contributed by atoms with Crippen LogP contribution in [0.3, 0.4) is 0 Å². The van der Waals surface area contributed by atoms with Gasteiger partial charge in [0.25, 0.3) is 0 Å². The highest BCUT2D eigenvalue weighted by Crippen LogP contribution is 2.05. The predicted octanol–water partition coefficient (Wildman–Crippen LogP) is 1.93. The summed E-state index contributed by atoms with van der Waals surface area (Å²) in [5, 5.41) is 4.09. The number of hydrogen-bond acceptors (Lipinski definition) is 5. The molecule has 17 heavy (non-hydrogen) atoms. The molecule has 0 aromatic carbocycles. The Hall–Kier alpha value is -2.30. The Morgan fingerprint density at radius 1 is 1.29 bits per heavy atom. The van der Waals surface area contributed by atoms with Crippen molar-refractivity contribution in [2.45, 2.75) is 13.8 Å². The van der Waals surface area contributed by atoms with Gasteiger partial charge in [-0.1, -0.05) is 6.07 Å². The first kappa shape index (κ1) is 11.2. The van der Waals surface area contributed by atoms with Gasteiger partial charge in [0.15, 0.2) is 0 Å². The third-order valence-electron chi connectivity index (χ3n) is 2.04. The van der Waals surface area contributed by atoms with E-state index in [9.17, 15) is 0 Å². The number of nitrogens with one attached hydrogen (secondary N) is 1. The standard InChI is InChI=1S/C12H13N5/c1-9-6-12(16-10(2)15-9)17-14-8-11-4-3-5-13-7-11/h3-8H,1-2H3,(H,15,16,17)/b14-8+. The molecule has 0 unspecified atom stereocenters. The zero-order valence-corrected chi connectivity index (χ0v) is 9.75. The second-order valence-electron chi connectivity index (χ2n) is 3.60. The van der Waals surface area contributed by atoms with Crippen LogP contribution in [0, 0.1) is 13.8 Å². The van der Waals surface area contributed by atoms with Crippen LogP contribution in [-0.2, 0) is 0 Å². The number of aromatic nitrogens is 3. The van der Waals surface area contributed by atoms with Gasteiger partial charge in [-0.05, 0) is 19.9 Å². The van der Waals surface area contributed by atoms with Gasteiger partial charge in [0, 0.05) is 29.7 Å². The Bertz CT molecular complexity index is 501. The van der Waals surface area contributed by atoms with Gasteiger partial charge in [-0.15, -0.1) is 0 Å². The molecule has 0 aliphatic rings. The minimum Gasteiger partial charge on any atom is -0.264 e. The van der Waals surface area contributed by atoms with E-state index < -0.39 is 0 Å². The highest BCUT2D eigenvalue weighted by molar-refractivity contribution is 5.79. The Kier molecular flexibility index (Phi) is 3.40. The van der Waals surface area contributed by atoms with Gasteiger partial charge in [0.1, 0.15) is 11.6 Å². The molecule has 2 rings (SSSR count). The summed E-state index contributed by atoms with van der Waals surface area (Å²) in [5.41, 5.74) is 4.71.